The molecule has 1 aliphatic heterocycles. The molecule has 10 heteroatoms. The van der Waals surface area contributed by atoms with Crippen LogP contribution in [-0.4, -0.2) is 50.7 Å². The van der Waals surface area contributed by atoms with Gasteiger partial charge in [0.05, 0.1) is 43.2 Å². The first-order valence-corrected chi connectivity index (χ1v) is 7.75. The molecule has 0 saturated heterocycles. The van der Waals surface area contributed by atoms with Gasteiger partial charge >= 0.3 is 0 Å². The summed E-state index contributed by atoms with van der Waals surface area (Å²) in [5, 5.41) is 13.4. The Bertz CT molecular complexity index is 938. The lowest BCUT2D eigenvalue weighted by molar-refractivity contribution is 0.0891. The van der Waals surface area contributed by atoms with E-state index in [1.165, 1.54) is 10.7 Å². The Morgan fingerprint density at radius 3 is 3.08 bits per heavy atom. The standard InChI is InChI=1S/C15H16N8O2/c1-16-10-4-12-21-13-7-17-5-9(20-13)8-25-3-2-18-15(24)11-6-19-14(10)23(11)22-12/h4-7,16H,2-3,8H2,1H3,(H,18,24)(H,20,21,22). The molecular weight excluding hydrogens is 324 g/mol. The van der Waals surface area contributed by atoms with Crippen molar-refractivity contribution in [1.82, 2.24) is 29.9 Å². The van der Waals surface area contributed by atoms with Crippen molar-refractivity contribution in [1.29, 1.82) is 0 Å². The number of anilines is 3. The molecule has 0 radical (unpaired) electrons. The number of fused-ring (bicyclic) bond motifs is 3. The number of ether oxygens (including phenoxy) is 1. The van der Waals surface area contributed by atoms with E-state index in [1.807, 2.05) is 0 Å². The number of carbonyl (C=O) groups excluding carboxylic acids is 1. The van der Waals surface area contributed by atoms with Gasteiger partial charge in [-0.2, -0.15) is 0 Å². The third-order valence-corrected chi connectivity index (χ3v) is 3.69. The zero-order valence-corrected chi connectivity index (χ0v) is 13.5. The number of nitrogens with one attached hydrogen (secondary N) is 3. The molecule has 0 aromatic carbocycles. The fourth-order valence-corrected chi connectivity index (χ4v) is 2.54. The Morgan fingerprint density at radius 1 is 1.28 bits per heavy atom. The molecule has 0 saturated carbocycles. The fraction of sp³-hybridized carbons (Fsp3) is 0.267. The van der Waals surface area contributed by atoms with E-state index in [4.69, 9.17) is 4.74 Å². The maximum atomic E-state index is 12.4. The molecular formula is C15H16N8O2. The van der Waals surface area contributed by atoms with E-state index in [9.17, 15) is 4.79 Å². The third kappa shape index (κ3) is 2.94. The molecule has 3 aromatic rings. The van der Waals surface area contributed by atoms with E-state index < -0.39 is 0 Å². The van der Waals surface area contributed by atoms with Gasteiger partial charge in [0.1, 0.15) is 0 Å². The Morgan fingerprint density at radius 2 is 2.20 bits per heavy atom. The van der Waals surface area contributed by atoms with Crippen molar-refractivity contribution < 1.29 is 9.53 Å². The summed E-state index contributed by atoms with van der Waals surface area (Å²) in [7, 11) is 1.78. The largest absolute Gasteiger partial charge is 0.385 e. The second-order valence-corrected chi connectivity index (χ2v) is 5.40. The molecule has 0 unspecified atom stereocenters. The normalized spacial score (nSPS) is 14.7. The van der Waals surface area contributed by atoms with Crippen LogP contribution in [0.15, 0.2) is 24.7 Å². The van der Waals surface area contributed by atoms with Crippen LogP contribution in [0.1, 0.15) is 16.2 Å². The van der Waals surface area contributed by atoms with Crippen LogP contribution in [0.5, 0.6) is 0 Å². The lowest BCUT2D eigenvalue weighted by Crippen LogP contribution is -2.28. The zero-order chi connectivity index (χ0) is 17.2. The van der Waals surface area contributed by atoms with Crippen LogP contribution in [-0.2, 0) is 11.3 Å². The highest BCUT2D eigenvalue weighted by atomic mass is 16.5. The van der Waals surface area contributed by atoms with Crippen molar-refractivity contribution >= 4 is 28.9 Å². The van der Waals surface area contributed by atoms with E-state index in [-0.39, 0.29) is 5.91 Å². The minimum absolute atomic E-state index is 0.266. The van der Waals surface area contributed by atoms with Gasteiger partial charge in [-0.25, -0.2) is 14.5 Å². The Labute approximate surface area is 142 Å². The molecule has 0 atom stereocenters. The molecule has 0 spiro atoms. The highest BCUT2D eigenvalue weighted by Crippen LogP contribution is 2.22. The summed E-state index contributed by atoms with van der Waals surface area (Å²) in [6.45, 7) is 1.04. The van der Waals surface area contributed by atoms with Crippen LogP contribution < -0.4 is 16.0 Å². The minimum Gasteiger partial charge on any atom is -0.385 e. The van der Waals surface area contributed by atoms with Crippen molar-refractivity contribution in [3.05, 3.63) is 36.0 Å². The SMILES string of the molecule is CNc1cc2nn3c(cnc13)C(=O)NCCOCc1cncc(n1)N2. The number of amides is 1. The van der Waals surface area contributed by atoms with Gasteiger partial charge in [0.15, 0.2) is 23.0 Å². The van der Waals surface area contributed by atoms with Crippen LogP contribution in [0.25, 0.3) is 5.65 Å². The summed E-state index contributed by atoms with van der Waals surface area (Å²) in [5.74, 6) is 0.782. The summed E-state index contributed by atoms with van der Waals surface area (Å²) in [6, 6.07) is 1.79. The Balaban J connectivity index is 1.85. The Hall–Kier alpha value is -3.27. The van der Waals surface area contributed by atoms with Gasteiger partial charge in [-0.3, -0.25) is 9.78 Å². The molecule has 0 aliphatic carbocycles. The van der Waals surface area contributed by atoms with Gasteiger partial charge < -0.3 is 20.7 Å². The van der Waals surface area contributed by atoms with Crippen molar-refractivity contribution in [2.45, 2.75) is 6.61 Å². The molecule has 1 amide bonds. The highest BCUT2D eigenvalue weighted by Gasteiger charge is 2.17. The monoisotopic (exact) mass is 340 g/mol. The van der Waals surface area contributed by atoms with Crippen LogP contribution in [0.4, 0.5) is 17.3 Å². The molecule has 25 heavy (non-hydrogen) atoms. The molecule has 0 fully saturated rings. The number of carbonyl (C=O) groups is 1. The average molecular weight is 340 g/mol. The van der Waals surface area contributed by atoms with Gasteiger partial charge in [0.25, 0.3) is 5.91 Å². The summed E-state index contributed by atoms with van der Waals surface area (Å²) in [4.78, 5) is 25.3. The number of hydrogen-bond donors (Lipinski definition) is 3. The summed E-state index contributed by atoms with van der Waals surface area (Å²) in [5.41, 5.74) is 2.32. The van der Waals surface area contributed by atoms with E-state index in [0.29, 0.717) is 48.4 Å². The lowest BCUT2D eigenvalue weighted by atomic mass is 10.4. The van der Waals surface area contributed by atoms with E-state index in [1.54, 1.807) is 25.5 Å². The van der Waals surface area contributed by atoms with Crippen molar-refractivity contribution in [2.24, 2.45) is 0 Å². The number of imidazole rings is 1. The quantitative estimate of drug-likeness (QED) is 0.588. The molecule has 128 valence electrons. The lowest BCUT2D eigenvalue weighted by Gasteiger charge is -2.12. The predicted octanol–water partition coefficient (Wildman–Crippen LogP) is 0.565. The van der Waals surface area contributed by atoms with Gasteiger partial charge in [-0.1, -0.05) is 0 Å². The van der Waals surface area contributed by atoms with E-state index in [0.717, 1.165) is 5.69 Å². The van der Waals surface area contributed by atoms with Crippen LogP contribution >= 0.6 is 0 Å². The van der Waals surface area contributed by atoms with E-state index >= 15 is 0 Å². The summed E-state index contributed by atoms with van der Waals surface area (Å²) >= 11 is 0. The van der Waals surface area contributed by atoms with Crippen molar-refractivity contribution in [3.63, 3.8) is 0 Å². The van der Waals surface area contributed by atoms with Crippen LogP contribution in [0, 0.1) is 0 Å². The highest BCUT2D eigenvalue weighted by molar-refractivity contribution is 5.94. The second kappa shape index (κ2) is 6.32. The third-order valence-electron chi connectivity index (χ3n) is 3.69. The summed E-state index contributed by atoms with van der Waals surface area (Å²) in [6.07, 6.45) is 4.73. The molecule has 4 bridgehead atoms. The molecule has 1 aliphatic rings. The molecule has 10 nitrogen and oxygen atoms in total. The zero-order valence-electron chi connectivity index (χ0n) is 13.5. The first-order valence-electron chi connectivity index (χ1n) is 7.75. The Kier molecular flexibility index (Phi) is 3.86. The summed E-state index contributed by atoms with van der Waals surface area (Å²) < 4.78 is 7.01. The van der Waals surface area contributed by atoms with Crippen LogP contribution in [0.3, 0.4) is 0 Å². The number of hydrogen-bond acceptors (Lipinski definition) is 8. The van der Waals surface area contributed by atoms with Gasteiger partial charge in [-0.05, 0) is 0 Å². The minimum atomic E-state index is -0.266. The molecule has 3 N–H and O–H groups in total. The average Bonchev–Trinajstić information content (AvgIpc) is 3.04. The second-order valence-electron chi connectivity index (χ2n) is 5.40. The first kappa shape index (κ1) is 15.3. The fourth-order valence-electron chi connectivity index (χ4n) is 2.54. The molecule has 4 heterocycles. The van der Waals surface area contributed by atoms with Crippen LogP contribution in [0.2, 0.25) is 0 Å². The van der Waals surface area contributed by atoms with Gasteiger partial charge in [0.2, 0.25) is 0 Å². The van der Waals surface area contributed by atoms with Crippen molar-refractivity contribution in [3.8, 4) is 0 Å². The topological polar surface area (TPSA) is 118 Å². The van der Waals surface area contributed by atoms with Gasteiger partial charge in [0, 0.05) is 19.7 Å². The smallest absolute Gasteiger partial charge is 0.271 e. The first-order chi connectivity index (χ1) is 12.2. The molecule has 4 rings (SSSR count). The van der Waals surface area contributed by atoms with Crippen molar-refractivity contribution in [2.75, 3.05) is 30.8 Å². The maximum Gasteiger partial charge on any atom is 0.271 e. The van der Waals surface area contributed by atoms with E-state index in [2.05, 4.69) is 36.0 Å². The maximum absolute atomic E-state index is 12.4. The number of rotatable bonds is 1. The molecule has 3 aromatic heterocycles. The number of aromatic nitrogens is 5. The number of nitrogens with zero attached hydrogens (tertiary/aromatic N) is 5. The van der Waals surface area contributed by atoms with Gasteiger partial charge in [-0.15, -0.1) is 5.10 Å². The predicted molar refractivity (Wildman–Crippen MR) is 89.8 cm³/mol.